The molecule has 0 saturated heterocycles. The van der Waals surface area contributed by atoms with E-state index in [0.717, 1.165) is 0 Å². The number of hydrogen-bond acceptors (Lipinski definition) is 8. The zero-order chi connectivity index (χ0) is 26.3. The number of aryl methyl sites for hydroxylation is 1. The summed E-state index contributed by atoms with van der Waals surface area (Å²) < 4.78 is 35.1. The number of rotatable bonds is 4. The van der Waals surface area contributed by atoms with Crippen LogP contribution in [0.2, 0.25) is 0 Å². The Balaban J connectivity index is 1.47. The average Bonchev–Trinajstić information content (AvgIpc) is 3.23. The van der Waals surface area contributed by atoms with E-state index in [0.29, 0.717) is 39.0 Å². The van der Waals surface area contributed by atoms with Gasteiger partial charge in [0.2, 0.25) is 11.6 Å². The van der Waals surface area contributed by atoms with Crippen LogP contribution in [0.15, 0.2) is 76.5 Å². The highest BCUT2D eigenvalue weighted by Crippen LogP contribution is 2.43. The molecular weight excluding hydrogens is 479 g/mol. The molecule has 3 aromatic carbocycles. The zero-order valence-electron chi connectivity index (χ0n) is 19.7. The standard InChI is InChI=1S/C28H19FN2O6/c1-14-20-11-17(29)7-10-22(20)36-25(14)28(33)35-18-8-9-19-23(12-18)37-26(31)21(13-30)24(19)15-3-5-16(6-4-15)27(32)34-2/h3-12,24H,31H2,1-2H3. The summed E-state index contributed by atoms with van der Waals surface area (Å²) >= 11 is 0. The fourth-order valence-electron chi connectivity index (χ4n) is 4.31. The number of nitriles is 1. The third-order valence-electron chi connectivity index (χ3n) is 6.15. The molecule has 1 aliphatic heterocycles. The molecule has 0 aliphatic carbocycles. The Labute approximate surface area is 210 Å². The predicted molar refractivity (Wildman–Crippen MR) is 129 cm³/mol. The summed E-state index contributed by atoms with van der Waals surface area (Å²) in [4.78, 5) is 24.7. The minimum absolute atomic E-state index is 0.0472. The van der Waals surface area contributed by atoms with Gasteiger partial charge in [0, 0.05) is 22.6 Å². The first kappa shape index (κ1) is 23.6. The molecule has 5 rings (SSSR count). The summed E-state index contributed by atoms with van der Waals surface area (Å²) in [6, 6.07) is 17.4. The Bertz CT molecular complexity index is 1650. The fraction of sp³-hybridized carbons (Fsp3) is 0.107. The molecule has 1 atom stereocenters. The van der Waals surface area contributed by atoms with Gasteiger partial charge in [0.25, 0.3) is 0 Å². The van der Waals surface area contributed by atoms with Gasteiger partial charge in [-0.2, -0.15) is 5.26 Å². The van der Waals surface area contributed by atoms with Crippen molar-refractivity contribution in [1.82, 2.24) is 0 Å². The van der Waals surface area contributed by atoms with Crippen molar-refractivity contribution in [1.29, 1.82) is 5.26 Å². The number of methoxy groups -OCH3 is 1. The van der Waals surface area contributed by atoms with E-state index in [1.807, 2.05) is 0 Å². The maximum absolute atomic E-state index is 13.6. The second-order valence-corrected chi connectivity index (χ2v) is 8.32. The summed E-state index contributed by atoms with van der Waals surface area (Å²) in [6.07, 6.45) is 0. The molecule has 9 heteroatoms. The first-order chi connectivity index (χ1) is 17.8. The number of allylic oxidation sites excluding steroid dienone is 1. The van der Waals surface area contributed by atoms with Crippen molar-refractivity contribution >= 4 is 22.9 Å². The van der Waals surface area contributed by atoms with Crippen LogP contribution in [0.5, 0.6) is 11.5 Å². The van der Waals surface area contributed by atoms with Gasteiger partial charge in [-0.05, 0) is 48.9 Å². The van der Waals surface area contributed by atoms with Crippen LogP contribution in [0.1, 0.15) is 43.5 Å². The van der Waals surface area contributed by atoms with Gasteiger partial charge in [0.05, 0.1) is 18.6 Å². The van der Waals surface area contributed by atoms with Gasteiger partial charge in [-0.25, -0.2) is 14.0 Å². The predicted octanol–water partition coefficient (Wildman–Crippen LogP) is 5.10. The number of furan rings is 1. The van der Waals surface area contributed by atoms with E-state index in [1.54, 1.807) is 43.3 Å². The molecule has 0 radical (unpaired) electrons. The molecule has 2 heterocycles. The number of hydrogen-bond donors (Lipinski definition) is 1. The van der Waals surface area contributed by atoms with Gasteiger partial charge in [-0.1, -0.05) is 18.2 Å². The highest BCUT2D eigenvalue weighted by molar-refractivity contribution is 5.97. The number of carbonyl (C=O) groups excluding carboxylic acids is 2. The minimum Gasteiger partial charge on any atom is -0.465 e. The lowest BCUT2D eigenvalue weighted by Crippen LogP contribution is -2.21. The highest BCUT2D eigenvalue weighted by Gasteiger charge is 2.31. The van der Waals surface area contributed by atoms with Crippen LogP contribution < -0.4 is 15.2 Å². The van der Waals surface area contributed by atoms with Crippen molar-refractivity contribution in [3.05, 3.63) is 106 Å². The highest BCUT2D eigenvalue weighted by atomic mass is 19.1. The van der Waals surface area contributed by atoms with Crippen LogP contribution in [0.4, 0.5) is 4.39 Å². The first-order valence-corrected chi connectivity index (χ1v) is 11.1. The van der Waals surface area contributed by atoms with E-state index in [4.69, 9.17) is 24.4 Å². The van der Waals surface area contributed by atoms with E-state index >= 15 is 0 Å². The van der Waals surface area contributed by atoms with Crippen molar-refractivity contribution in [3.8, 4) is 17.6 Å². The number of benzene rings is 3. The molecule has 0 saturated carbocycles. The Morgan fingerprint density at radius 3 is 2.51 bits per heavy atom. The number of halogens is 1. The van der Waals surface area contributed by atoms with Crippen molar-refractivity contribution in [3.63, 3.8) is 0 Å². The lowest BCUT2D eigenvalue weighted by molar-refractivity contribution is 0.0600. The van der Waals surface area contributed by atoms with Gasteiger partial charge < -0.3 is 24.4 Å². The van der Waals surface area contributed by atoms with Crippen LogP contribution in [-0.4, -0.2) is 19.0 Å². The van der Waals surface area contributed by atoms with Crippen LogP contribution >= 0.6 is 0 Å². The monoisotopic (exact) mass is 498 g/mol. The minimum atomic E-state index is -0.763. The quantitative estimate of drug-likeness (QED) is 0.304. The lowest BCUT2D eigenvalue weighted by atomic mass is 9.83. The van der Waals surface area contributed by atoms with E-state index in [9.17, 15) is 19.2 Å². The Kier molecular flexibility index (Phi) is 5.85. The zero-order valence-corrected chi connectivity index (χ0v) is 19.7. The number of esters is 2. The van der Waals surface area contributed by atoms with Gasteiger partial charge in [-0.3, -0.25) is 0 Å². The number of ether oxygens (including phenoxy) is 3. The SMILES string of the molecule is COC(=O)c1ccc(C2C(C#N)=C(N)Oc3cc(OC(=O)c4oc5ccc(F)cc5c4C)ccc32)cc1. The molecule has 1 aromatic heterocycles. The van der Waals surface area contributed by atoms with Gasteiger partial charge >= 0.3 is 11.9 Å². The van der Waals surface area contributed by atoms with Crippen molar-refractivity contribution in [2.45, 2.75) is 12.8 Å². The number of nitrogens with two attached hydrogens (primary N) is 1. The Morgan fingerprint density at radius 1 is 1.05 bits per heavy atom. The van der Waals surface area contributed by atoms with Gasteiger partial charge in [0.15, 0.2) is 0 Å². The van der Waals surface area contributed by atoms with E-state index < -0.39 is 23.7 Å². The van der Waals surface area contributed by atoms with Crippen LogP contribution in [-0.2, 0) is 4.74 Å². The molecule has 0 amide bonds. The smallest absolute Gasteiger partial charge is 0.379 e. The van der Waals surface area contributed by atoms with E-state index in [2.05, 4.69) is 6.07 Å². The van der Waals surface area contributed by atoms with Crippen LogP contribution in [0.25, 0.3) is 11.0 Å². The molecule has 0 spiro atoms. The average molecular weight is 498 g/mol. The molecule has 184 valence electrons. The summed E-state index contributed by atoms with van der Waals surface area (Å²) in [6.45, 7) is 1.64. The third kappa shape index (κ3) is 4.15. The fourth-order valence-corrected chi connectivity index (χ4v) is 4.31. The molecule has 1 unspecified atom stereocenters. The van der Waals surface area contributed by atoms with Gasteiger partial charge in [-0.15, -0.1) is 0 Å². The van der Waals surface area contributed by atoms with Gasteiger partial charge in [0.1, 0.15) is 34.5 Å². The van der Waals surface area contributed by atoms with Crippen LogP contribution in [0, 0.1) is 24.1 Å². The molecule has 0 bridgehead atoms. The van der Waals surface area contributed by atoms with Crippen molar-refractivity contribution < 1.29 is 32.6 Å². The number of fused-ring (bicyclic) bond motifs is 2. The summed E-state index contributed by atoms with van der Waals surface area (Å²) in [7, 11) is 1.29. The molecule has 8 nitrogen and oxygen atoms in total. The van der Waals surface area contributed by atoms with Crippen LogP contribution in [0.3, 0.4) is 0 Å². The number of carbonyl (C=O) groups is 2. The molecular formula is C28H19FN2O6. The third-order valence-corrected chi connectivity index (χ3v) is 6.15. The molecule has 1 aliphatic rings. The lowest BCUT2D eigenvalue weighted by Gasteiger charge is -2.26. The normalized spacial score (nSPS) is 14.5. The van der Waals surface area contributed by atoms with Crippen molar-refractivity contribution in [2.24, 2.45) is 5.73 Å². The second-order valence-electron chi connectivity index (χ2n) is 8.32. The second kappa shape index (κ2) is 9.17. The first-order valence-electron chi connectivity index (χ1n) is 11.1. The Morgan fingerprint density at radius 2 is 1.81 bits per heavy atom. The molecule has 0 fully saturated rings. The Hall–Kier alpha value is -5.10. The summed E-state index contributed by atoms with van der Waals surface area (Å²) in [5.74, 6) is -1.94. The molecule has 2 N–H and O–H groups in total. The summed E-state index contributed by atoms with van der Waals surface area (Å²) in [5.41, 5.74) is 8.75. The van der Waals surface area contributed by atoms with E-state index in [-0.39, 0.29) is 23.0 Å². The largest absolute Gasteiger partial charge is 0.465 e. The maximum Gasteiger partial charge on any atom is 0.379 e. The van der Waals surface area contributed by atoms with Crippen molar-refractivity contribution in [2.75, 3.05) is 7.11 Å². The van der Waals surface area contributed by atoms with E-state index in [1.165, 1.54) is 31.4 Å². The summed E-state index contributed by atoms with van der Waals surface area (Å²) in [5, 5.41) is 10.2. The topological polar surface area (TPSA) is 125 Å². The molecule has 37 heavy (non-hydrogen) atoms. The maximum atomic E-state index is 13.6. The number of nitrogens with zero attached hydrogens (tertiary/aromatic N) is 1. The molecule has 4 aromatic rings.